The molecule has 8 heteroatoms. The molecule has 0 saturated heterocycles. The summed E-state index contributed by atoms with van der Waals surface area (Å²) in [7, 11) is 0. The lowest BCUT2D eigenvalue weighted by atomic mass is 9.93. The molecular weight excluding hydrogens is 337 g/mol. The molecule has 1 N–H and O–H groups in total. The molecule has 2 aromatic rings. The highest BCUT2D eigenvalue weighted by Crippen LogP contribution is 2.28. The van der Waals surface area contributed by atoms with Crippen LogP contribution < -0.4 is 0 Å². The lowest BCUT2D eigenvalue weighted by molar-refractivity contribution is -0.143. The first-order valence-electron chi connectivity index (χ1n) is 7.41. The van der Waals surface area contributed by atoms with Gasteiger partial charge in [-0.15, -0.1) is 0 Å². The summed E-state index contributed by atoms with van der Waals surface area (Å²) in [6.07, 6.45) is -3.63. The van der Waals surface area contributed by atoms with Gasteiger partial charge in [0.15, 0.2) is 0 Å². The summed E-state index contributed by atoms with van der Waals surface area (Å²) in [6.45, 7) is 0.0764. The minimum atomic E-state index is -4.60. The molecule has 1 amide bonds. The van der Waals surface area contributed by atoms with Gasteiger partial charge in [0.05, 0.1) is 5.56 Å². The van der Waals surface area contributed by atoms with E-state index < -0.39 is 29.8 Å². The van der Waals surface area contributed by atoms with Crippen molar-refractivity contribution in [3.8, 4) is 0 Å². The van der Waals surface area contributed by atoms with Gasteiger partial charge in [0.1, 0.15) is 11.7 Å². The number of carboxylic acid groups (broad SMARTS) is 1. The highest BCUT2D eigenvalue weighted by Gasteiger charge is 2.36. The molecule has 0 fully saturated rings. The zero-order chi connectivity index (χ0) is 18.2. The Morgan fingerprint density at radius 3 is 2.36 bits per heavy atom. The number of amides is 1. The maximum Gasteiger partial charge on any atom is 0.433 e. The Labute approximate surface area is 140 Å². The van der Waals surface area contributed by atoms with Gasteiger partial charge in [-0.05, 0) is 23.3 Å². The van der Waals surface area contributed by atoms with Gasteiger partial charge < -0.3 is 10.0 Å². The molecule has 1 aromatic heterocycles. The molecule has 1 aliphatic rings. The number of hydrogen-bond acceptors (Lipinski definition) is 3. The minimum absolute atomic E-state index is 0.0764. The molecular formula is C17H13F3N2O3. The Morgan fingerprint density at radius 1 is 1.12 bits per heavy atom. The zero-order valence-corrected chi connectivity index (χ0v) is 12.8. The number of aliphatic carboxylic acids is 1. The van der Waals surface area contributed by atoms with Gasteiger partial charge in [-0.2, -0.15) is 13.2 Å². The fourth-order valence-corrected chi connectivity index (χ4v) is 2.81. The number of hydrogen-bond donors (Lipinski definition) is 1. The third kappa shape index (κ3) is 3.33. The van der Waals surface area contributed by atoms with Crippen molar-refractivity contribution in [3.63, 3.8) is 0 Å². The van der Waals surface area contributed by atoms with Crippen molar-refractivity contribution in [2.24, 2.45) is 0 Å². The molecule has 0 radical (unpaired) electrons. The molecule has 25 heavy (non-hydrogen) atoms. The van der Waals surface area contributed by atoms with Crippen molar-refractivity contribution < 1.29 is 27.9 Å². The number of halogens is 3. The van der Waals surface area contributed by atoms with Crippen LogP contribution in [0.25, 0.3) is 0 Å². The summed E-state index contributed by atoms with van der Waals surface area (Å²) < 4.78 is 37.7. The van der Waals surface area contributed by atoms with Crippen LogP contribution in [-0.4, -0.2) is 32.9 Å². The molecule has 0 unspecified atom stereocenters. The average molecular weight is 350 g/mol. The molecule has 5 nitrogen and oxygen atoms in total. The van der Waals surface area contributed by atoms with E-state index in [0.717, 1.165) is 28.3 Å². The highest BCUT2D eigenvalue weighted by atomic mass is 19.4. The number of pyridine rings is 1. The second kappa shape index (κ2) is 6.19. The maximum absolute atomic E-state index is 12.6. The molecule has 2 heterocycles. The Kier molecular flexibility index (Phi) is 4.20. The van der Waals surface area contributed by atoms with Crippen molar-refractivity contribution >= 4 is 11.9 Å². The number of carbonyl (C=O) groups excluding carboxylic acids is 1. The largest absolute Gasteiger partial charge is 0.480 e. The maximum atomic E-state index is 12.6. The normalized spacial score (nSPS) is 17.1. The lowest BCUT2D eigenvalue weighted by Gasteiger charge is -2.34. The van der Waals surface area contributed by atoms with E-state index in [1.165, 1.54) is 0 Å². The second-order valence-electron chi connectivity index (χ2n) is 5.69. The number of rotatable bonds is 2. The first-order chi connectivity index (χ1) is 11.8. The number of carboxylic acids is 1. The summed E-state index contributed by atoms with van der Waals surface area (Å²) in [5, 5.41) is 9.42. The molecule has 0 bridgehead atoms. The van der Waals surface area contributed by atoms with E-state index in [-0.39, 0.29) is 18.5 Å². The number of alkyl halides is 3. The Bertz CT molecular complexity index is 819. The van der Waals surface area contributed by atoms with Crippen LogP contribution in [0.3, 0.4) is 0 Å². The molecule has 1 atom stereocenters. The zero-order valence-electron chi connectivity index (χ0n) is 12.8. The van der Waals surface area contributed by atoms with Crippen LogP contribution in [0.4, 0.5) is 13.2 Å². The quantitative estimate of drug-likeness (QED) is 0.904. The van der Waals surface area contributed by atoms with Gasteiger partial charge in [-0.1, -0.05) is 24.3 Å². The summed E-state index contributed by atoms with van der Waals surface area (Å²) in [5.41, 5.74) is 0.458. The van der Waals surface area contributed by atoms with E-state index in [0.29, 0.717) is 6.07 Å². The second-order valence-corrected chi connectivity index (χ2v) is 5.69. The van der Waals surface area contributed by atoms with Crippen molar-refractivity contribution in [2.45, 2.75) is 25.2 Å². The molecule has 0 spiro atoms. The van der Waals surface area contributed by atoms with Crippen molar-refractivity contribution in [1.29, 1.82) is 0 Å². The minimum Gasteiger partial charge on any atom is -0.480 e. The van der Waals surface area contributed by atoms with E-state index in [4.69, 9.17) is 0 Å². The molecule has 130 valence electrons. The van der Waals surface area contributed by atoms with Crippen LogP contribution in [0.15, 0.2) is 42.6 Å². The summed E-state index contributed by atoms with van der Waals surface area (Å²) in [4.78, 5) is 28.6. The summed E-state index contributed by atoms with van der Waals surface area (Å²) >= 11 is 0. The Morgan fingerprint density at radius 2 is 1.80 bits per heavy atom. The van der Waals surface area contributed by atoms with E-state index >= 15 is 0 Å². The summed E-state index contributed by atoms with van der Waals surface area (Å²) in [5.74, 6) is -1.83. The van der Waals surface area contributed by atoms with Gasteiger partial charge >= 0.3 is 12.1 Å². The van der Waals surface area contributed by atoms with Gasteiger partial charge in [0, 0.05) is 19.2 Å². The van der Waals surface area contributed by atoms with E-state index in [9.17, 15) is 27.9 Å². The van der Waals surface area contributed by atoms with E-state index in [1.807, 2.05) is 0 Å². The third-order valence-corrected chi connectivity index (χ3v) is 4.10. The first-order valence-corrected chi connectivity index (χ1v) is 7.41. The van der Waals surface area contributed by atoms with Gasteiger partial charge in [0.2, 0.25) is 0 Å². The van der Waals surface area contributed by atoms with Gasteiger partial charge in [-0.25, -0.2) is 4.79 Å². The van der Waals surface area contributed by atoms with Crippen molar-refractivity contribution in [3.05, 3.63) is 65.0 Å². The molecule has 1 aromatic carbocycles. The predicted octanol–water partition coefficient (Wildman–Crippen LogP) is 2.75. The van der Waals surface area contributed by atoms with E-state index in [1.54, 1.807) is 24.3 Å². The Hall–Kier alpha value is -2.90. The standard InChI is InChI=1S/C17H13F3N2O3/c18-17(19,20)14-6-5-11(8-21-14)15(23)22-9-12-4-2-1-3-10(12)7-13(22)16(24)25/h1-6,8,13H,7,9H2,(H,24,25)/t13-/m0/s1. The van der Waals surface area contributed by atoms with Crippen LogP contribution in [0, 0.1) is 0 Å². The topological polar surface area (TPSA) is 70.5 Å². The van der Waals surface area contributed by atoms with Crippen LogP contribution in [0.1, 0.15) is 27.2 Å². The van der Waals surface area contributed by atoms with E-state index in [2.05, 4.69) is 4.98 Å². The van der Waals surface area contributed by atoms with Gasteiger partial charge in [0.25, 0.3) is 5.91 Å². The fourth-order valence-electron chi connectivity index (χ4n) is 2.81. The monoisotopic (exact) mass is 350 g/mol. The Balaban J connectivity index is 1.91. The number of carbonyl (C=O) groups is 2. The third-order valence-electron chi connectivity index (χ3n) is 4.10. The first kappa shape index (κ1) is 16.9. The van der Waals surface area contributed by atoms with Gasteiger partial charge in [-0.3, -0.25) is 9.78 Å². The van der Waals surface area contributed by atoms with Crippen LogP contribution >= 0.6 is 0 Å². The number of nitrogens with zero attached hydrogens (tertiary/aromatic N) is 2. The van der Waals surface area contributed by atoms with Crippen LogP contribution in [0.2, 0.25) is 0 Å². The van der Waals surface area contributed by atoms with Crippen molar-refractivity contribution in [2.75, 3.05) is 0 Å². The number of aromatic nitrogens is 1. The average Bonchev–Trinajstić information content (AvgIpc) is 2.59. The fraction of sp³-hybridized carbons (Fsp3) is 0.235. The lowest BCUT2D eigenvalue weighted by Crippen LogP contribution is -2.48. The molecule has 1 aliphatic heterocycles. The SMILES string of the molecule is O=C(O)[C@@H]1Cc2ccccc2CN1C(=O)c1ccc(C(F)(F)F)nc1. The predicted molar refractivity (Wildman–Crippen MR) is 80.7 cm³/mol. The number of benzene rings is 1. The number of fused-ring (bicyclic) bond motifs is 1. The molecule has 3 rings (SSSR count). The molecule has 0 aliphatic carbocycles. The smallest absolute Gasteiger partial charge is 0.433 e. The van der Waals surface area contributed by atoms with Crippen LogP contribution in [-0.2, 0) is 23.9 Å². The van der Waals surface area contributed by atoms with Crippen LogP contribution in [0.5, 0.6) is 0 Å². The van der Waals surface area contributed by atoms with Crippen molar-refractivity contribution in [1.82, 2.24) is 9.88 Å². The highest BCUT2D eigenvalue weighted by molar-refractivity contribution is 5.96. The molecule has 0 saturated carbocycles. The summed E-state index contributed by atoms with van der Waals surface area (Å²) in [6, 6.07) is 7.80.